The predicted molar refractivity (Wildman–Crippen MR) is 130 cm³/mol. The number of ether oxygens (including phenoxy) is 1. The summed E-state index contributed by atoms with van der Waals surface area (Å²) in [4.78, 5) is 24.8. The molecule has 1 aromatic heterocycles. The summed E-state index contributed by atoms with van der Waals surface area (Å²) in [6.45, 7) is 1.67. The number of halogens is 1. The number of sulfone groups is 1. The van der Waals surface area contributed by atoms with Crippen molar-refractivity contribution in [2.45, 2.75) is 23.1 Å². The molecule has 3 aromatic carbocycles. The number of aromatic nitrogens is 2. The number of nitrogens with one attached hydrogen (secondary N) is 1. The van der Waals surface area contributed by atoms with Crippen LogP contribution in [-0.2, 0) is 35.1 Å². The van der Waals surface area contributed by atoms with Gasteiger partial charge in [0.2, 0.25) is 9.84 Å². The molecule has 1 amide bonds. The highest BCUT2D eigenvalue weighted by molar-refractivity contribution is 7.91. The first-order valence-corrected chi connectivity index (χ1v) is 12.3. The predicted octanol–water partition coefficient (Wildman–Crippen LogP) is 3.43. The summed E-state index contributed by atoms with van der Waals surface area (Å²) in [5.74, 6) is -0.666. The first-order valence-electron chi connectivity index (χ1n) is 10.8. The lowest BCUT2D eigenvalue weighted by Crippen LogP contribution is -2.21. The standard InChI is InChI=1S/C25H24FN3O5S/c1-4-16-5-9-18(10-6-16)34-15-24(30)27-20-13-21-22(29(3)25(31)28(21)2)14-23(20)35(32,33)19-11-7-17(26)8-12-19/h5-14H,4,15H2,1-3H3,(H,27,30). The average Bonchev–Trinajstić information content (AvgIpc) is 3.06. The van der Waals surface area contributed by atoms with Gasteiger partial charge in [-0.2, -0.15) is 0 Å². The van der Waals surface area contributed by atoms with Crippen molar-refractivity contribution in [3.05, 3.63) is 82.5 Å². The normalized spacial score (nSPS) is 11.5. The molecule has 0 aliphatic heterocycles. The van der Waals surface area contributed by atoms with Crippen LogP contribution in [0.3, 0.4) is 0 Å². The highest BCUT2D eigenvalue weighted by Crippen LogP contribution is 2.32. The molecule has 35 heavy (non-hydrogen) atoms. The number of hydrogen-bond donors (Lipinski definition) is 1. The van der Waals surface area contributed by atoms with Crippen molar-refractivity contribution in [3.63, 3.8) is 0 Å². The Balaban J connectivity index is 1.72. The van der Waals surface area contributed by atoms with E-state index in [2.05, 4.69) is 5.32 Å². The van der Waals surface area contributed by atoms with Crippen LogP contribution in [-0.4, -0.2) is 30.1 Å². The number of imidazole rings is 1. The highest BCUT2D eigenvalue weighted by atomic mass is 32.2. The van der Waals surface area contributed by atoms with Gasteiger partial charge in [0, 0.05) is 14.1 Å². The number of anilines is 1. The molecule has 0 saturated carbocycles. The summed E-state index contributed by atoms with van der Waals surface area (Å²) in [5.41, 5.74) is 1.55. The third-order valence-electron chi connectivity index (χ3n) is 5.76. The minimum absolute atomic E-state index is 0.0158. The summed E-state index contributed by atoms with van der Waals surface area (Å²) in [7, 11) is -1.09. The maximum Gasteiger partial charge on any atom is 0.328 e. The molecule has 4 aromatic rings. The van der Waals surface area contributed by atoms with Crippen molar-refractivity contribution in [1.82, 2.24) is 9.13 Å². The maximum absolute atomic E-state index is 13.4. The molecule has 0 saturated heterocycles. The molecule has 4 rings (SSSR count). The number of hydrogen-bond acceptors (Lipinski definition) is 5. The second-order valence-electron chi connectivity index (χ2n) is 8.03. The van der Waals surface area contributed by atoms with Gasteiger partial charge in [0.05, 0.1) is 26.5 Å². The Morgan fingerprint density at radius 1 is 0.971 bits per heavy atom. The van der Waals surface area contributed by atoms with E-state index in [1.54, 1.807) is 19.2 Å². The van der Waals surface area contributed by atoms with E-state index in [1.807, 2.05) is 19.1 Å². The van der Waals surface area contributed by atoms with E-state index >= 15 is 0 Å². The molecule has 1 N–H and O–H groups in total. The molecule has 0 bridgehead atoms. The first-order chi connectivity index (χ1) is 16.6. The van der Waals surface area contributed by atoms with Gasteiger partial charge in [-0.3, -0.25) is 13.9 Å². The van der Waals surface area contributed by atoms with Crippen LogP contribution in [0.15, 0.2) is 75.2 Å². The van der Waals surface area contributed by atoms with Crippen LogP contribution in [0, 0.1) is 5.82 Å². The molecule has 0 aliphatic rings. The largest absolute Gasteiger partial charge is 0.484 e. The quantitative estimate of drug-likeness (QED) is 0.395. The molecular weight excluding hydrogens is 473 g/mol. The van der Waals surface area contributed by atoms with E-state index in [1.165, 1.54) is 28.3 Å². The van der Waals surface area contributed by atoms with Crippen molar-refractivity contribution in [2.24, 2.45) is 14.1 Å². The van der Waals surface area contributed by atoms with Crippen molar-refractivity contribution < 1.29 is 22.3 Å². The van der Waals surface area contributed by atoms with Crippen molar-refractivity contribution >= 4 is 32.5 Å². The van der Waals surface area contributed by atoms with Gasteiger partial charge >= 0.3 is 5.69 Å². The van der Waals surface area contributed by atoms with E-state index in [0.717, 1.165) is 36.2 Å². The average molecular weight is 498 g/mol. The molecule has 10 heteroatoms. The number of fused-ring (bicyclic) bond motifs is 1. The van der Waals surface area contributed by atoms with Crippen molar-refractivity contribution in [1.29, 1.82) is 0 Å². The van der Waals surface area contributed by atoms with Gasteiger partial charge in [0.25, 0.3) is 5.91 Å². The maximum atomic E-state index is 13.4. The number of nitrogens with zero attached hydrogens (tertiary/aromatic N) is 2. The lowest BCUT2D eigenvalue weighted by Gasteiger charge is -2.14. The van der Waals surface area contributed by atoms with Gasteiger partial charge in [-0.1, -0.05) is 19.1 Å². The summed E-state index contributed by atoms with van der Waals surface area (Å²) in [6, 6.07) is 14.4. The highest BCUT2D eigenvalue weighted by Gasteiger charge is 2.25. The van der Waals surface area contributed by atoms with Crippen molar-refractivity contribution in [2.75, 3.05) is 11.9 Å². The van der Waals surface area contributed by atoms with Crippen LogP contribution in [0.4, 0.5) is 10.1 Å². The first kappa shape index (κ1) is 24.2. The minimum Gasteiger partial charge on any atom is -0.484 e. The fourth-order valence-electron chi connectivity index (χ4n) is 3.74. The molecule has 0 spiro atoms. The lowest BCUT2D eigenvalue weighted by atomic mass is 10.2. The Labute approximate surface area is 201 Å². The summed E-state index contributed by atoms with van der Waals surface area (Å²) >= 11 is 0. The van der Waals surface area contributed by atoms with Crippen LogP contribution in [0.2, 0.25) is 0 Å². The monoisotopic (exact) mass is 497 g/mol. The number of carbonyl (C=O) groups excluding carboxylic acids is 1. The van der Waals surface area contributed by atoms with E-state index in [9.17, 15) is 22.4 Å². The Hall–Kier alpha value is -3.92. The third kappa shape index (κ3) is 4.69. The Morgan fingerprint density at radius 2 is 1.57 bits per heavy atom. The van der Waals surface area contributed by atoms with Crippen LogP contribution in [0.1, 0.15) is 12.5 Å². The SMILES string of the molecule is CCc1ccc(OCC(=O)Nc2cc3c(cc2S(=O)(=O)c2ccc(F)cc2)n(C)c(=O)n3C)cc1. The molecule has 0 fully saturated rings. The minimum atomic E-state index is -4.17. The van der Waals surface area contributed by atoms with E-state index in [-0.39, 0.29) is 27.8 Å². The molecule has 0 atom stereocenters. The number of carbonyl (C=O) groups is 1. The Kier molecular flexibility index (Phi) is 6.49. The van der Waals surface area contributed by atoms with Gasteiger partial charge in [-0.05, 0) is 60.5 Å². The van der Waals surface area contributed by atoms with Crippen molar-refractivity contribution in [3.8, 4) is 5.75 Å². The molecule has 0 radical (unpaired) electrons. The number of rotatable bonds is 7. The van der Waals surface area contributed by atoms with Gasteiger partial charge in [-0.15, -0.1) is 0 Å². The topological polar surface area (TPSA) is 99.4 Å². The second-order valence-corrected chi connectivity index (χ2v) is 9.95. The number of aryl methyl sites for hydroxylation is 3. The van der Waals surface area contributed by atoms with Crippen LogP contribution in [0.5, 0.6) is 5.75 Å². The Morgan fingerprint density at radius 3 is 2.17 bits per heavy atom. The molecule has 8 nitrogen and oxygen atoms in total. The zero-order chi connectivity index (χ0) is 25.3. The van der Waals surface area contributed by atoms with Crippen LogP contribution in [0.25, 0.3) is 11.0 Å². The lowest BCUT2D eigenvalue weighted by molar-refractivity contribution is -0.118. The van der Waals surface area contributed by atoms with Gasteiger partial charge in [0.15, 0.2) is 6.61 Å². The zero-order valence-electron chi connectivity index (χ0n) is 19.4. The molecule has 0 unspecified atom stereocenters. The number of amides is 1. The third-order valence-corrected chi connectivity index (χ3v) is 7.57. The van der Waals surface area contributed by atoms with Crippen LogP contribution < -0.4 is 15.7 Å². The second kappa shape index (κ2) is 9.38. The molecule has 1 heterocycles. The summed E-state index contributed by atoms with van der Waals surface area (Å²) < 4.78 is 48.5. The van der Waals surface area contributed by atoms with Gasteiger partial charge in [0.1, 0.15) is 11.6 Å². The summed E-state index contributed by atoms with van der Waals surface area (Å²) in [5, 5.41) is 2.60. The molecule has 0 aliphatic carbocycles. The molecule has 182 valence electrons. The van der Waals surface area contributed by atoms with Gasteiger partial charge in [-0.25, -0.2) is 17.6 Å². The van der Waals surface area contributed by atoms with E-state index in [0.29, 0.717) is 16.8 Å². The van der Waals surface area contributed by atoms with E-state index < -0.39 is 21.6 Å². The smallest absolute Gasteiger partial charge is 0.328 e. The fraction of sp³-hybridized carbons (Fsp3) is 0.200. The van der Waals surface area contributed by atoms with Gasteiger partial charge < -0.3 is 10.1 Å². The summed E-state index contributed by atoms with van der Waals surface area (Å²) in [6.07, 6.45) is 0.872. The van der Waals surface area contributed by atoms with Crippen LogP contribution >= 0.6 is 0 Å². The zero-order valence-corrected chi connectivity index (χ0v) is 20.2. The molecular formula is C25H24FN3O5S. The van der Waals surface area contributed by atoms with E-state index in [4.69, 9.17) is 4.74 Å². The Bertz CT molecular complexity index is 1570. The number of benzene rings is 3. The fourth-order valence-corrected chi connectivity index (χ4v) is 5.16.